The van der Waals surface area contributed by atoms with Gasteiger partial charge in [-0.05, 0) is 49.8 Å². The first-order chi connectivity index (χ1) is 14.3. The number of carboxylic acid groups (broad SMARTS) is 1. The monoisotopic (exact) mass is 412 g/mol. The van der Waals surface area contributed by atoms with E-state index in [1.807, 2.05) is 30.5 Å². The van der Waals surface area contributed by atoms with Crippen LogP contribution in [0.1, 0.15) is 38.4 Å². The van der Waals surface area contributed by atoms with Crippen molar-refractivity contribution in [3.8, 4) is 11.1 Å². The van der Waals surface area contributed by atoms with Crippen molar-refractivity contribution in [1.29, 1.82) is 0 Å². The topological polar surface area (TPSA) is 95.6 Å². The van der Waals surface area contributed by atoms with Crippen molar-refractivity contribution in [2.24, 2.45) is 0 Å². The van der Waals surface area contributed by atoms with Crippen LogP contribution in [0.5, 0.6) is 0 Å². The normalized spacial score (nSPS) is 13.9. The number of aliphatic hydroxyl groups excluding tert-OH is 2. The summed E-state index contributed by atoms with van der Waals surface area (Å²) in [5.41, 5.74) is 3.24. The first-order valence-electron chi connectivity index (χ1n) is 9.79. The lowest BCUT2D eigenvalue weighted by Gasteiger charge is -2.14. The molecule has 0 saturated heterocycles. The van der Waals surface area contributed by atoms with E-state index >= 15 is 0 Å². The minimum absolute atomic E-state index is 0.0611. The average Bonchev–Trinajstić information content (AvgIpc) is 3.00. The van der Waals surface area contributed by atoms with Gasteiger partial charge in [0, 0.05) is 29.6 Å². The fraction of sp³-hybridized carbons (Fsp3) is 0.304. The van der Waals surface area contributed by atoms with E-state index in [4.69, 9.17) is 5.11 Å². The Balaban J connectivity index is 2.08. The highest BCUT2D eigenvalue weighted by Gasteiger charge is 2.20. The molecular weight excluding hydrogens is 387 g/mol. The van der Waals surface area contributed by atoms with Gasteiger partial charge in [0.2, 0.25) is 0 Å². The van der Waals surface area contributed by atoms with Gasteiger partial charge in [-0.3, -0.25) is 4.79 Å². The molecule has 2 heterocycles. The average molecular weight is 412 g/mol. The molecule has 3 aromatic rings. The molecule has 0 saturated carbocycles. The Morgan fingerprint density at radius 1 is 1.20 bits per heavy atom. The highest BCUT2D eigenvalue weighted by Crippen LogP contribution is 2.37. The molecule has 0 aliphatic rings. The van der Waals surface area contributed by atoms with E-state index in [1.165, 1.54) is 18.2 Å². The molecule has 2 aromatic heterocycles. The summed E-state index contributed by atoms with van der Waals surface area (Å²) in [6.07, 6.45) is 2.31. The van der Waals surface area contributed by atoms with Gasteiger partial charge >= 0.3 is 5.97 Å². The van der Waals surface area contributed by atoms with Crippen LogP contribution in [0.15, 0.2) is 48.7 Å². The molecule has 30 heavy (non-hydrogen) atoms. The summed E-state index contributed by atoms with van der Waals surface area (Å²) in [5.74, 6) is -1.45. The maximum absolute atomic E-state index is 13.5. The number of hydrogen-bond donors (Lipinski definition) is 3. The molecule has 0 bridgehead atoms. The molecule has 0 amide bonds. The maximum atomic E-state index is 13.5. The predicted octanol–water partition coefficient (Wildman–Crippen LogP) is 4.02. The highest BCUT2D eigenvalue weighted by molar-refractivity contribution is 5.99. The molecule has 0 radical (unpaired) electrons. The van der Waals surface area contributed by atoms with Crippen molar-refractivity contribution in [1.82, 2.24) is 9.55 Å². The number of hydrogen-bond acceptors (Lipinski definition) is 4. The lowest BCUT2D eigenvalue weighted by atomic mass is 10.0. The number of carbonyl (C=O) groups is 1. The summed E-state index contributed by atoms with van der Waals surface area (Å²) >= 11 is 0. The molecule has 0 unspecified atom stereocenters. The van der Waals surface area contributed by atoms with Gasteiger partial charge in [-0.1, -0.05) is 18.2 Å². The van der Waals surface area contributed by atoms with Crippen molar-refractivity contribution in [3.63, 3.8) is 0 Å². The summed E-state index contributed by atoms with van der Waals surface area (Å²) in [6, 6.07) is 10.0. The van der Waals surface area contributed by atoms with Crippen LogP contribution in [-0.4, -0.2) is 43.0 Å². The molecule has 158 valence electrons. The van der Waals surface area contributed by atoms with E-state index in [-0.39, 0.29) is 18.3 Å². The van der Waals surface area contributed by atoms with Gasteiger partial charge in [0.1, 0.15) is 11.5 Å². The number of aliphatic carboxylic acids is 1. The summed E-state index contributed by atoms with van der Waals surface area (Å²) < 4.78 is 15.5. The van der Waals surface area contributed by atoms with Gasteiger partial charge in [0.05, 0.1) is 24.3 Å². The molecule has 0 spiro atoms. The summed E-state index contributed by atoms with van der Waals surface area (Å²) in [7, 11) is 0. The lowest BCUT2D eigenvalue weighted by Crippen LogP contribution is -2.19. The fourth-order valence-corrected chi connectivity index (χ4v) is 3.61. The molecule has 0 aliphatic carbocycles. The standard InChI is InChI=1S/C23H25FN2O4/c1-14(2)26-20(10-9-17(27)12-18(28)13-21(29)30)22(15-5-7-16(24)8-6-15)19-4-3-11-25-23(19)26/h3-11,14,17-18,27-28H,12-13H2,1-2H3,(H,29,30)/t17-,18-/m1/s1. The van der Waals surface area contributed by atoms with Gasteiger partial charge < -0.3 is 19.9 Å². The molecule has 6 nitrogen and oxygen atoms in total. The molecule has 7 heteroatoms. The maximum Gasteiger partial charge on any atom is 0.305 e. The molecule has 2 atom stereocenters. The van der Waals surface area contributed by atoms with Crippen molar-refractivity contribution < 1.29 is 24.5 Å². The van der Waals surface area contributed by atoms with Crippen LogP contribution < -0.4 is 0 Å². The van der Waals surface area contributed by atoms with Crippen LogP contribution in [0.4, 0.5) is 4.39 Å². The third-order valence-corrected chi connectivity index (χ3v) is 4.85. The Labute approximate surface area is 173 Å². The van der Waals surface area contributed by atoms with Gasteiger partial charge in [0.25, 0.3) is 0 Å². The number of aromatic nitrogens is 2. The summed E-state index contributed by atoms with van der Waals surface area (Å²) in [5, 5.41) is 29.7. The number of carboxylic acids is 1. The zero-order valence-corrected chi connectivity index (χ0v) is 16.9. The molecule has 3 N–H and O–H groups in total. The van der Waals surface area contributed by atoms with Crippen molar-refractivity contribution in [3.05, 3.63) is 60.2 Å². The Bertz CT molecular complexity index is 1060. The molecule has 0 aliphatic heterocycles. The van der Waals surface area contributed by atoms with Gasteiger partial charge in [-0.15, -0.1) is 0 Å². The number of pyridine rings is 1. The second-order valence-corrected chi connectivity index (χ2v) is 7.52. The Hall–Kier alpha value is -3.03. The van der Waals surface area contributed by atoms with E-state index in [0.29, 0.717) is 0 Å². The van der Waals surface area contributed by atoms with Crippen LogP contribution in [-0.2, 0) is 4.79 Å². The largest absolute Gasteiger partial charge is 0.481 e. The Kier molecular flexibility index (Phi) is 6.64. The summed E-state index contributed by atoms with van der Waals surface area (Å²) in [4.78, 5) is 15.2. The Morgan fingerprint density at radius 2 is 1.90 bits per heavy atom. The van der Waals surface area contributed by atoms with Crippen molar-refractivity contribution in [2.45, 2.75) is 44.9 Å². The molecule has 1 aromatic carbocycles. The summed E-state index contributed by atoms with van der Waals surface area (Å²) in [6.45, 7) is 4.04. The van der Waals surface area contributed by atoms with Gasteiger partial charge in [-0.25, -0.2) is 9.37 Å². The Morgan fingerprint density at radius 3 is 2.53 bits per heavy atom. The van der Waals surface area contributed by atoms with Crippen LogP contribution in [0, 0.1) is 5.82 Å². The zero-order valence-electron chi connectivity index (χ0n) is 16.9. The third-order valence-electron chi connectivity index (χ3n) is 4.85. The smallest absolute Gasteiger partial charge is 0.305 e. The minimum atomic E-state index is -1.14. The van der Waals surface area contributed by atoms with Crippen molar-refractivity contribution >= 4 is 23.1 Å². The quantitative estimate of drug-likeness (QED) is 0.519. The second kappa shape index (κ2) is 9.19. The van der Waals surface area contributed by atoms with E-state index < -0.39 is 24.6 Å². The first kappa shape index (κ1) is 21.7. The fourth-order valence-electron chi connectivity index (χ4n) is 3.61. The van der Waals surface area contributed by atoms with Crippen LogP contribution in [0.25, 0.3) is 28.2 Å². The third kappa shape index (κ3) is 4.75. The molecule has 0 fully saturated rings. The number of benzene rings is 1. The molecule has 3 rings (SSSR count). The van der Waals surface area contributed by atoms with E-state index in [9.17, 15) is 19.4 Å². The number of rotatable bonds is 8. The zero-order chi connectivity index (χ0) is 21.8. The second-order valence-electron chi connectivity index (χ2n) is 7.52. The van der Waals surface area contributed by atoms with Crippen molar-refractivity contribution in [2.75, 3.05) is 0 Å². The molecular formula is C23H25FN2O4. The predicted molar refractivity (Wildman–Crippen MR) is 113 cm³/mol. The van der Waals surface area contributed by atoms with E-state index in [1.54, 1.807) is 24.4 Å². The lowest BCUT2D eigenvalue weighted by molar-refractivity contribution is -0.139. The van der Waals surface area contributed by atoms with Crippen LogP contribution in [0.3, 0.4) is 0 Å². The van der Waals surface area contributed by atoms with Gasteiger partial charge in [0.15, 0.2) is 0 Å². The number of nitrogens with zero attached hydrogens (tertiary/aromatic N) is 2. The SMILES string of the molecule is CC(C)n1c(C=C[C@@H](O)C[C@@H](O)CC(=O)O)c(-c2ccc(F)cc2)c2cccnc21. The minimum Gasteiger partial charge on any atom is -0.481 e. The van der Waals surface area contributed by atoms with E-state index in [0.717, 1.165) is 27.9 Å². The first-order valence-corrected chi connectivity index (χ1v) is 9.79. The number of halogens is 1. The number of fused-ring (bicyclic) bond motifs is 1. The van der Waals surface area contributed by atoms with Crippen LogP contribution >= 0.6 is 0 Å². The van der Waals surface area contributed by atoms with Crippen LogP contribution in [0.2, 0.25) is 0 Å². The van der Waals surface area contributed by atoms with E-state index in [2.05, 4.69) is 4.98 Å². The van der Waals surface area contributed by atoms with Gasteiger partial charge in [-0.2, -0.15) is 0 Å². The highest BCUT2D eigenvalue weighted by atomic mass is 19.1. The number of aliphatic hydroxyl groups is 2.